The Morgan fingerprint density at radius 1 is 1.24 bits per heavy atom. The quantitative estimate of drug-likeness (QED) is 0.906. The number of hydrogen-bond acceptors (Lipinski definition) is 4. The van der Waals surface area contributed by atoms with Crippen molar-refractivity contribution in [1.82, 2.24) is 5.32 Å². The van der Waals surface area contributed by atoms with E-state index in [1.54, 1.807) is 0 Å². The largest absolute Gasteiger partial charge is 0.489 e. The minimum Gasteiger partial charge on any atom is -0.489 e. The highest BCUT2D eigenvalue weighted by Gasteiger charge is 2.17. The average molecular weight is 312 g/mol. The van der Waals surface area contributed by atoms with Gasteiger partial charge in [-0.25, -0.2) is 0 Å². The van der Waals surface area contributed by atoms with Crippen molar-refractivity contribution in [2.24, 2.45) is 0 Å². The van der Waals surface area contributed by atoms with Crippen molar-refractivity contribution < 1.29 is 14.2 Å². The lowest BCUT2D eigenvalue weighted by Gasteiger charge is -2.23. The van der Waals surface area contributed by atoms with Crippen molar-refractivity contribution in [3.05, 3.63) is 28.8 Å². The molecule has 21 heavy (non-hydrogen) atoms. The van der Waals surface area contributed by atoms with E-state index in [-0.39, 0.29) is 12.2 Å². The van der Waals surface area contributed by atoms with Gasteiger partial charge in [-0.1, -0.05) is 17.7 Å². The van der Waals surface area contributed by atoms with Crippen molar-refractivity contribution in [1.29, 1.82) is 0 Å². The van der Waals surface area contributed by atoms with Crippen LogP contribution in [0, 0.1) is 0 Å². The molecule has 1 N–H and O–H groups in total. The predicted molar refractivity (Wildman–Crippen MR) is 82.2 cm³/mol. The van der Waals surface area contributed by atoms with Gasteiger partial charge in [0.25, 0.3) is 0 Å². The molecule has 0 spiro atoms. The number of hydrogen-bond donors (Lipinski definition) is 1. The molecule has 2 saturated heterocycles. The second kappa shape index (κ2) is 7.45. The maximum Gasteiger partial charge on any atom is 0.138 e. The van der Waals surface area contributed by atoms with Crippen LogP contribution in [0.2, 0.25) is 5.02 Å². The molecule has 1 aromatic rings. The standard InChI is InChI=1S/C16H22ClNO3/c17-15-9-12(8-14-10-18-5-7-20-14)3-4-16(15)21-11-13-2-1-6-19-13/h3-4,9,13-14,18H,1-2,5-8,10-11H2/t13-,14?/m1/s1. The summed E-state index contributed by atoms with van der Waals surface area (Å²) >= 11 is 6.31. The molecule has 2 atom stereocenters. The van der Waals surface area contributed by atoms with Gasteiger partial charge in [0.15, 0.2) is 0 Å². The van der Waals surface area contributed by atoms with E-state index in [1.165, 1.54) is 5.56 Å². The van der Waals surface area contributed by atoms with E-state index in [0.29, 0.717) is 11.6 Å². The summed E-state index contributed by atoms with van der Waals surface area (Å²) in [6.45, 7) is 4.04. The van der Waals surface area contributed by atoms with Crippen LogP contribution in [0.15, 0.2) is 18.2 Å². The van der Waals surface area contributed by atoms with Crippen LogP contribution in [0.25, 0.3) is 0 Å². The molecule has 0 saturated carbocycles. The predicted octanol–water partition coefficient (Wildman–Crippen LogP) is 2.43. The third-order valence-electron chi connectivity index (χ3n) is 3.91. The van der Waals surface area contributed by atoms with Gasteiger partial charge in [-0.3, -0.25) is 0 Å². The topological polar surface area (TPSA) is 39.7 Å². The highest BCUT2D eigenvalue weighted by molar-refractivity contribution is 6.32. The van der Waals surface area contributed by atoms with Crippen LogP contribution < -0.4 is 10.1 Å². The Hall–Kier alpha value is -0.810. The Balaban J connectivity index is 1.54. The molecule has 0 aromatic heterocycles. The van der Waals surface area contributed by atoms with Crippen molar-refractivity contribution in [2.75, 3.05) is 32.9 Å². The second-order valence-corrected chi connectivity index (χ2v) is 6.02. The molecule has 2 fully saturated rings. The number of rotatable bonds is 5. The van der Waals surface area contributed by atoms with Gasteiger partial charge in [-0.2, -0.15) is 0 Å². The average Bonchev–Trinajstić information content (AvgIpc) is 3.01. The van der Waals surface area contributed by atoms with Gasteiger partial charge >= 0.3 is 0 Å². The molecule has 1 aromatic carbocycles. The minimum atomic E-state index is 0.211. The van der Waals surface area contributed by atoms with Gasteiger partial charge in [0.2, 0.25) is 0 Å². The van der Waals surface area contributed by atoms with E-state index < -0.39 is 0 Å². The van der Waals surface area contributed by atoms with E-state index in [1.807, 2.05) is 12.1 Å². The third-order valence-corrected chi connectivity index (χ3v) is 4.21. The first kappa shape index (κ1) is 15.1. The fourth-order valence-corrected chi connectivity index (χ4v) is 3.02. The van der Waals surface area contributed by atoms with Crippen LogP contribution in [0.3, 0.4) is 0 Å². The first-order chi connectivity index (χ1) is 10.3. The smallest absolute Gasteiger partial charge is 0.138 e. The second-order valence-electron chi connectivity index (χ2n) is 5.61. The first-order valence-corrected chi connectivity index (χ1v) is 8.04. The molecular formula is C16H22ClNO3. The van der Waals surface area contributed by atoms with Crippen molar-refractivity contribution >= 4 is 11.6 Å². The lowest BCUT2D eigenvalue weighted by molar-refractivity contribution is 0.0292. The summed E-state index contributed by atoms with van der Waals surface area (Å²) in [5, 5.41) is 4.00. The first-order valence-electron chi connectivity index (χ1n) is 7.66. The third kappa shape index (κ3) is 4.33. The zero-order valence-electron chi connectivity index (χ0n) is 12.1. The fraction of sp³-hybridized carbons (Fsp3) is 0.625. The van der Waals surface area contributed by atoms with Gasteiger partial charge in [0, 0.05) is 19.7 Å². The molecule has 4 nitrogen and oxygen atoms in total. The normalized spacial score (nSPS) is 26.0. The van der Waals surface area contributed by atoms with E-state index in [2.05, 4.69) is 11.4 Å². The number of ether oxygens (including phenoxy) is 3. The molecule has 1 unspecified atom stereocenters. The number of halogens is 1. The Morgan fingerprint density at radius 3 is 2.86 bits per heavy atom. The molecule has 0 radical (unpaired) electrons. The molecule has 116 valence electrons. The lowest BCUT2D eigenvalue weighted by Crippen LogP contribution is -2.39. The van der Waals surface area contributed by atoms with Crippen molar-refractivity contribution in [3.8, 4) is 5.75 Å². The molecule has 2 heterocycles. The van der Waals surface area contributed by atoms with Gasteiger partial charge in [-0.15, -0.1) is 0 Å². The zero-order valence-corrected chi connectivity index (χ0v) is 12.9. The SMILES string of the molecule is Clc1cc(CC2CNCCO2)ccc1OC[C@H]1CCCO1. The molecular weight excluding hydrogens is 290 g/mol. The van der Waals surface area contributed by atoms with E-state index in [9.17, 15) is 0 Å². The molecule has 5 heteroatoms. The highest BCUT2D eigenvalue weighted by atomic mass is 35.5. The van der Waals surface area contributed by atoms with E-state index in [4.69, 9.17) is 25.8 Å². The summed E-state index contributed by atoms with van der Waals surface area (Å²) in [6.07, 6.45) is 3.51. The highest BCUT2D eigenvalue weighted by Crippen LogP contribution is 2.27. The minimum absolute atomic E-state index is 0.211. The van der Waals surface area contributed by atoms with Gasteiger partial charge in [0.05, 0.1) is 23.8 Å². The maximum absolute atomic E-state index is 6.31. The van der Waals surface area contributed by atoms with Crippen LogP contribution in [0.4, 0.5) is 0 Å². The van der Waals surface area contributed by atoms with Gasteiger partial charge < -0.3 is 19.5 Å². The fourth-order valence-electron chi connectivity index (χ4n) is 2.76. The Labute approximate surface area is 130 Å². The summed E-state index contributed by atoms with van der Waals surface area (Å²) < 4.78 is 17.0. The monoisotopic (exact) mass is 311 g/mol. The zero-order chi connectivity index (χ0) is 14.5. The number of nitrogens with one attached hydrogen (secondary N) is 1. The maximum atomic E-state index is 6.31. The van der Waals surface area contributed by atoms with Crippen molar-refractivity contribution in [2.45, 2.75) is 31.5 Å². The molecule has 0 bridgehead atoms. The summed E-state index contributed by atoms with van der Waals surface area (Å²) in [4.78, 5) is 0. The van der Waals surface area contributed by atoms with Crippen LogP contribution in [-0.4, -0.2) is 45.1 Å². The van der Waals surface area contributed by atoms with Gasteiger partial charge in [0.1, 0.15) is 12.4 Å². The number of benzene rings is 1. The summed E-state index contributed by atoms with van der Waals surface area (Å²) in [7, 11) is 0. The van der Waals surface area contributed by atoms with Crippen molar-refractivity contribution in [3.63, 3.8) is 0 Å². The Morgan fingerprint density at radius 2 is 2.14 bits per heavy atom. The van der Waals surface area contributed by atoms with E-state index in [0.717, 1.165) is 51.3 Å². The van der Waals surface area contributed by atoms with Crippen LogP contribution in [-0.2, 0) is 15.9 Å². The summed E-state index contributed by atoms with van der Waals surface area (Å²) in [5.74, 6) is 0.735. The van der Waals surface area contributed by atoms with Gasteiger partial charge in [-0.05, 0) is 37.0 Å². The summed E-state index contributed by atoms with van der Waals surface area (Å²) in [6, 6.07) is 5.99. The molecule has 0 amide bonds. The van der Waals surface area contributed by atoms with E-state index >= 15 is 0 Å². The lowest BCUT2D eigenvalue weighted by atomic mass is 10.1. The van der Waals surface area contributed by atoms with Crippen LogP contribution in [0.5, 0.6) is 5.75 Å². The Bertz CT molecular complexity index is 457. The molecule has 3 rings (SSSR count). The van der Waals surface area contributed by atoms with Crippen LogP contribution in [0.1, 0.15) is 18.4 Å². The van der Waals surface area contributed by atoms with Crippen LogP contribution >= 0.6 is 11.6 Å². The Kier molecular flexibility index (Phi) is 5.36. The molecule has 2 aliphatic heterocycles. The number of morpholine rings is 1. The summed E-state index contributed by atoms with van der Waals surface area (Å²) in [5.41, 5.74) is 1.18. The molecule has 2 aliphatic rings. The molecule has 0 aliphatic carbocycles.